The van der Waals surface area contributed by atoms with E-state index in [0.717, 1.165) is 18.4 Å². The van der Waals surface area contributed by atoms with E-state index in [4.69, 9.17) is 40.5 Å². The second-order valence-corrected chi connectivity index (χ2v) is 11.4. The summed E-state index contributed by atoms with van der Waals surface area (Å²) in [4.78, 5) is 33.4. The van der Waals surface area contributed by atoms with Crippen molar-refractivity contribution in [1.29, 1.82) is 0 Å². The average Bonchev–Trinajstić information content (AvgIpc) is 3.61. The molecule has 5 aromatic rings. The Kier molecular flexibility index (Phi) is 7.54. The second-order valence-electron chi connectivity index (χ2n) is 11.0. The smallest absolute Gasteiger partial charge is 0.439 e. The quantitative estimate of drug-likeness (QED) is 0.244. The Morgan fingerprint density at radius 3 is 2.60 bits per heavy atom. The first kappa shape index (κ1) is 28.0. The van der Waals surface area contributed by atoms with Crippen molar-refractivity contribution < 1.29 is 14.0 Å². The summed E-state index contributed by atoms with van der Waals surface area (Å²) in [6.07, 6.45) is 7.81. The van der Waals surface area contributed by atoms with Gasteiger partial charge in [-0.2, -0.15) is 0 Å². The minimum absolute atomic E-state index is 0.0923. The number of aromatic nitrogens is 7. The molecule has 1 fully saturated rings. The van der Waals surface area contributed by atoms with Crippen molar-refractivity contribution in [2.75, 3.05) is 14.2 Å². The summed E-state index contributed by atoms with van der Waals surface area (Å²) in [5.41, 5.74) is 2.15. The van der Waals surface area contributed by atoms with Crippen LogP contribution in [0, 0.1) is 11.8 Å². The molecule has 0 bridgehead atoms. The van der Waals surface area contributed by atoms with Crippen LogP contribution >= 0.6 is 11.6 Å². The number of aromatic amines is 1. The largest absolute Gasteiger partial charge is 0.496 e. The van der Waals surface area contributed by atoms with E-state index >= 15 is 0 Å². The molecule has 1 aromatic carbocycles. The SMILES string of the molecule is COc1ccccc1C(C)(OC)c1nc2nc(-c3noc(=O)[nH]3)nc(-c3cncc(Cl)c3)c2n1CC1CCC(C)CC1. The first-order chi connectivity index (χ1) is 20.3. The van der Waals surface area contributed by atoms with Crippen molar-refractivity contribution in [2.45, 2.75) is 51.7 Å². The minimum atomic E-state index is -1.01. The topological polar surface area (TPSA) is 134 Å². The number of hydrogen-bond acceptors (Lipinski definition) is 9. The van der Waals surface area contributed by atoms with Crippen LogP contribution in [0.1, 0.15) is 50.9 Å². The lowest BCUT2D eigenvalue weighted by atomic mass is 9.83. The lowest BCUT2D eigenvalue weighted by Crippen LogP contribution is -2.32. The van der Waals surface area contributed by atoms with Crippen LogP contribution in [-0.4, -0.2) is 48.9 Å². The maximum atomic E-state index is 11.8. The number of ether oxygens (including phenoxy) is 2. The van der Waals surface area contributed by atoms with Crippen LogP contribution < -0.4 is 10.5 Å². The third kappa shape index (κ3) is 5.07. The highest BCUT2D eigenvalue weighted by Gasteiger charge is 2.39. The normalized spacial score (nSPS) is 18.7. The van der Waals surface area contributed by atoms with E-state index in [1.54, 1.807) is 32.7 Å². The van der Waals surface area contributed by atoms with E-state index in [2.05, 4.69) is 26.6 Å². The number of halogens is 1. The number of benzene rings is 1. The van der Waals surface area contributed by atoms with Gasteiger partial charge in [0, 0.05) is 37.2 Å². The molecule has 4 aromatic heterocycles. The Labute approximate surface area is 247 Å². The van der Waals surface area contributed by atoms with Crippen LogP contribution in [0.4, 0.5) is 0 Å². The second kappa shape index (κ2) is 11.3. The molecule has 0 saturated heterocycles. The molecule has 4 heterocycles. The lowest BCUT2D eigenvalue weighted by Gasteiger charge is -2.32. The van der Waals surface area contributed by atoms with Crippen molar-refractivity contribution in [3.63, 3.8) is 0 Å². The molecule has 1 N–H and O–H groups in total. The van der Waals surface area contributed by atoms with Gasteiger partial charge in [-0.3, -0.25) is 14.5 Å². The van der Waals surface area contributed by atoms with Gasteiger partial charge < -0.3 is 14.0 Å². The van der Waals surface area contributed by atoms with Crippen molar-refractivity contribution in [3.8, 4) is 28.7 Å². The number of imidazole rings is 1. The monoisotopic (exact) mass is 589 g/mol. The molecule has 0 radical (unpaired) electrons. The zero-order valence-corrected chi connectivity index (χ0v) is 24.7. The maximum Gasteiger partial charge on any atom is 0.439 e. The molecule has 0 aliphatic heterocycles. The molecule has 42 heavy (non-hydrogen) atoms. The number of pyridine rings is 1. The van der Waals surface area contributed by atoms with Gasteiger partial charge in [-0.15, -0.1) is 0 Å². The number of nitrogens with zero attached hydrogens (tertiary/aromatic N) is 6. The Morgan fingerprint density at radius 2 is 1.90 bits per heavy atom. The molecule has 218 valence electrons. The predicted octanol–water partition coefficient (Wildman–Crippen LogP) is 5.63. The van der Waals surface area contributed by atoms with Crippen LogP contribution in [0.25, 0.3) is 34.1 Å². The van der Waals surface area contributed by atoms with Gasteiger partial charge in [0.15, 0.2) is 11.2 Å². The van der Waals surface area contributed by atoms with Gasteiger partial charge in [-0.25, -0.2) is 19.7 Å². The number of methoxy groups -OCH3 is 2. The number of H-pyrrole nitrogens is 1. The predicted molar refractivity (Wildman–Crippen MR) is 157 cm³/mol. The highest BCUT2D eigenvalue weighted by molar-refractivity contribution is 6.30. The Morgan fingerprint density at radius 1 is 1.12 bits per heavy atom. The number of nitrogens with one attached hydrogen (secondary N) is 1. The fourth-order valence-corrected chi connectivity index (χ4v) is 6.06. The van der Waals surface area contributed by atoms with Gasteiger partial charge in [0.25, 0.3) is 0 Å². The van der Waals surface area contributed by atoms with E-state index in [1.807, 2.05) is 31.2 Å². The van der Waals surface area contributed by atoms with E-state index < -0.39 is 11.4 Å². The highest BCUT2D eigenvalue weighted by atomic mass is 35.5. The molecule has 6 rings (SSSR count). The van der Waals surface area contributed by atoms with Crippen molar-refractivity contribution in [1.82, 2.24) is 34.6 Å². The summed E-state index contributed by atoms with van der Waals surface area (Å²) in [7, 11) is 3.30. The number of para-hydroxylation sites is 1. The van der Waals surface area contributed by atoms with Crippen LogP contribution in [0.15, 0.2) is 52.0 Å². The first-order valence-electron chi connectivity index (χ1n) is 14.0. The molecule has 1 atom stereocenters. The van der Waals surface area contributed by atoms with E-state index in [9.17, 15) is 4.79 Å². The Balaban J connectivity index is 1.66. The molecular formula is C30H32ClN7O4. The molecule has 1 aliphatic rings. The highest BCUT2D eigenvalue weighted by Crippen LogP contribution is 2.42. The Hall–Kier alpha value is -4.09. The van der Waals surface area contributed by atoms with Crippen LogP contribution in [0.5, 0.6) is 5.75 Å². The van der Waals surface area contributed by atoms with E-state index in [1.165, 1.54) is 12.8 Å². The van der Waals surface area contributed by atoms with Crippen LogP contribution in [0.3, 0.4) is 0 Å². The summed E-state index contributed by atoms with van der Waals surface area (Å²) in [5.74, 6) is 2.00. The van der Waals surface area contributed by atoms with Crippen LogP contribution in [0.2, 0.25) is 5.02 Å². The van der Waals surface area contributed by atoms with Gasteiger partial charge >= 0.3 is 5.76 Å². The molecule has 0 amide bonds. The first-order valence-corrected chi connectivity index (χ1v) is 14.3. The maximum absolute atomic E-state index is 11.8. The zero-order valence-electron chi connectivity index (χ0n) is 23.9. The molecule has 1 saturated carbocycles. The Bertz CT molecular complexity index is 1790. The number of fused-ring (bicyclic) bond motifs is 1. The van der Waals surface area contributed by atoms with Crippen molar-refractivity contribution in [2.24, 2.45) is 11.8 Å². The molecule has 12 heteroatoms. The summed E-state index contributed by atoms with van der Waals surface area (Å²) >= 11 is 6.39. The molecule has 1 aliphatic carbocycles. The molecule has 1 unspecified atom stereocenters. The zero-order chi connectivity index (χ0) is 29.4. The van der Waals surface area contributed by atoms with Gasteiger partial charge in [0.05, 0.1) is 12.1 Å². The third-order valence-electron chi connectivity index (χ3n) is 8.27. The fraction of sp³-hybridized carbons (Fsp3) is 0.400. The lowest BCUT2D eigenvalue weighted by molar-refractivity contribution is 0.0258. The van der Waals surface area contributed by atoms with Crippen molar-refractivity contribution in [3.05, 3.63) is 69.7 Å². The molecule has 0 spiro atoms. The van der Waals surface area contributed by atoms with Gasteiger partial charge in [0.1, 0.15) is 22.8 Å². The van der Waals surface area contributed by atoms with E-state index in [0.29, 0.717) is 57.4 Å². The summed E-state index contributed by atoms with van der Waals surface area (Å²) in [6.45, 7) is 4.98. The summed E-state index contributed by atoms with van der Waals surface area (Å²) < 4.78 is 19.0. The third-order valence-corrected chi connectivity index (χ3v) is 8.47. The fourth-order valence-electron chi connectivity index (χ4n) is 5.88. The van der Waals surface area contributed by atoms with E-state index in [-0.39, 0.29) is 11.6 Å². The summed E-state index contributed by atoms with van der Waals surface area (Å²) in [5, 5.41) is 4.28. The summed E-state index contributed by atoms with van der Waals surface area (Å²) in [6, 6.07) is 9.55. The molecular weight excluding hydrogens is 558 g/mol. The van der Waals surface area contributed by atoms with Crippen molar-refractivity contribution >= 4 is 22.8 Å². The number of hydrogen-bond donors (Lipinski definition) is 1. The molecule has 11 nitrogen and oxygen atoms in total. The van der Waals surface area contributed by atoms with Crippen LogP contribution in [-0.2, 0) is 16.9 Å². The number of rotatable bonds is 8. The standard InChI is InChI=1S/C30H32ClN7O4/c1-17-9-11-18(12-10-17)16-38-24-23(19-13-20(31)15-32-14-19)33-26(27-36-29(39)42-37-27)34-25(24)35-28(38)30(2,41-4)21-7-5-6-8-22(21)40-3/h5-8,13-15,17-18H,9-12,16H2,1-4H3,(H,36,37,39). The van der Waals surface area contributed by atoms with Gasteiger partial charge in [-0.05, 0) is 43.7 Å². The minimum Gasteiger partial charge on any atom is -0.496 e. The average molecular weight is 590 g/mol. The van der Waals surface area contributed by atoms with Gasteiger partial charge in [-0.1, -0.05) is 54.7 Å². The van der Waals surface area contributed by atoms with Gasteiger partial charge in [0.2, 0.25) is 11.6 Å².